The van der Waals surface area contributed by atoms with Crippen LogP contribution in [0.1, 0.15) is 124 Å². The van der Waals surface area contributed by atoms with Crippen molar-refractivity contribution in [3.63, 3.8) is 0 Å². The fraction of sp³-hybridized carbons (Fsp3) is 0.455. The van der Waals surface area contributed by atoms with Gasteiger partial charge in [-0.3, -0.25) is 4.18 Å². The Labute approximate surface area is 434 Å². The van der Waals surface area contributed by atoms with E-state index in [1.807, 2.05) is 79.7 Å². The van der Waals surface area contributed by atoms with Crippen molar-refractivity contribution in [2.75, 3.05) is 18.5 Å². The Morgan fingerprint density at radius 1 is 0.515 bits per heavy atom. The Morgan fingerprint density at radius 3 is 1.26 bits per heavy atom. The van der Waals surface area contributed by atoms with Crippen LogP contribution >= 0.6 is 47.8 Å². The van der Waals surface area contributed by atoms with Gasteiger partial charge in [0.15, 0.2) is 0 Å². The van der Waals surface area contributed by atoms with Crippen molar-refractivity contribution >= 4 is 80.7 Å². The molecular weight excluding hydrogens is 1070 g/mol. The number of hydrogen-bond donors (Lipinski definition) is 1. The van der Waals surface area contributed by atoms with Gasteiger partial charge in [-0.1, -0.05) is 165 Å². The van der Waals surface area contributed by atoms with Gasteiger partial charge in [0.1, 0.15) is 11.5 Å². The third-order valence-electron chi connectivity index (χ3n) is 11.0. The topological polar surface area (TPSA) is 122 Å². The van der Waals surface area contributed by atoms with E-state index in [9.17, 15) is 8.42 Å². The molecule has 372 valence electrons. The van der Waals surface area contributed by atoms with Gasteiger partial charge in [0.25, 0.3) is 10.1 Å². The van der Waals surface area contributed by atoms with E-state index in [1.54, 1.807) is 48.5 Å². The van der Waals surface area contributed by atoms with Crippen molar-refractivity contribution in [2.45, 2.75) is 130 Å². The molecule has 5 aromatic rings. The van der Waals surface area contributed by atoms with Crippen LogP contribution in [0.5, 0.6) is 11.5 Å². The number of rotatable bonds is 24. The molecule has 0 aliphatic rings. The normalized spacial score (nSPS) is 12.5. The second-order valence-electron chi connectivity index (χ2n) is 16.6. The molecule has 13 heteroatoms. The van der Waals surface area contributed by atoms with Crippen LogP contribution in [0, 0.1) is 24.7 Å². The maximum atomic E-state index is 12.0. The lowest BCUT2D eigenvalue weighted by Gasteiger charge is -2.15. The Bertz CT molecular complexity index is 2160. The summed E-state index contributed by atoms with van der Waals surface area (Å²) < 4.78 is 37.2. The number of aromatic hydroxyl groups is 1. The highest BCUT2D eigenvalue weighted by Crippen LogP contribution is 2.25. The molecule has 0 aromatic heterocycles. The highest BCUT2D eigenvalue weighted by atomic mass is 79.9. The Morgan fingerprint density at radius 2 is 0.882 bits per heavy atom. The monoisotopic (exact) mass is 1140 g/mol. The Balaban J connectivity index is 0.000000326. The molecule has 68 heavy (non-hydrogen) atoms. The second kappa shape index (κ2) is 36.2. The smallest absolute Gasteiger partial charge is 0.296 e. The molecule has 0 aliphatic carbocycles. The predicted molar refractivity (Wildman–Crippen MR) is 295 cm³/mol. The quantitative estimate of drug-likeness (QED) is 0.0375. The van der Waals surface area contributed by atoms with E-state index in [2.05, 4.69) is 110 Å². The summed E-state index contributed by atoms with van der Waals surface area (Å²) in [6.45, 7) is 16.2. The van der Waals surface area contributed by atoms with E-state index < -0.39 is 10.1 Å². The first-order chi connectivity index (χ1) is 32.8. The lowest BCUT2D eigenvalue weighted by Crippen LogP contribution is -2.14. The van der Waals surface area contributed by atoms with Gasteiger partial charge in [-0.05, 0) is 153 Å². The molecule has 0 amide bonds. The number of phenolic OH excluding ortho intramolecular Hbond substituents is 1. The molecule has 5 rings (SSSR count). The van der Waals surface area contributed by atoms with Gasteiger partial charge < -0.3 is 9.84 Å². The molecule has 0 aliphatic heterocycles. The van der Waals surface area contributed by atoms with E-state index >= 15 is 0 Å². The molecule has 3 unspecified atom stereocenters. The third kappa shape index (κ3) is 26.9. The van der Waals surface area contributed by atoms with Crippen LogP contribution in [0.2, 0.25) is 0 Å². The maximum Gasteiger partial charge on any atom is 0.296 e. The SMILES string of the molecule is CCCCC(CC)CBr.CCCCC(CC)COS(=O)(=O)c1ccc(C)cc1.CCCCC(CC)COc1ccc(N=Nc2ccc(Br)cc2)cc1.Oc1ccc(N=Nc2ccc(Br)cc2)cc1. The molecule has 1 N–H and O–H groups in total. The van der Waals surface area contributed by atoms with E-state index in [0.29, 0.717) is 17.5 Å². The van der Waals surface area contributed by atoms with Crippen molar-refractivity contribution in [2.24, 2.45) is 38.2 Å². The molecule has 0 radical (unpaired) electrons. The second-order valence-corrected chi connectivity index (χ2v) is 20.7. The zero-order valence-electron chi connectivity index (χ0n) is 41.3. The summed E-state index contributed by atoms with van der Waals surface area (Å²) in [4.78, 5) is 0.239. The van der Waals surface area contributed by atoms with Gasteiger partial charge in [0.2, 0.25) is 0 Å². The van der Waals surface area contributed by atoms with Gasteiger partial charge in [0.05, 0.1) is 40.9 Å². The standard InChI is InChI=1S/C20H25BrN2O.C15H24O3S.C12H9BrN2O.C8H17Br/c1-3-5-6-16(4-2)15-24-20-13-11-19(12-14-20)23-22-18-9-7-17(21)8-10-18;1-4-6-7-14(5-2)12-18-19(16,17)15-10-8-13(3)9-11-15;13-9-1-3-10(4-2-9)14-15-11-5-7-12(16)8-6-11;1-3-5-6-8(4-2)7-9/h7-14,16H,3-6,15H2,1-2H3;8-11,14H,4-7,12H2,1-3H3;1-8,16H;8H,3-7H2,1-2H3. The first-order valence-corrected chi connectivity index (χ1v) is 28.3. The zero-order valence-corrected chi connectivity index (χ0v) is 46.9. The number of phenols is 1. The van der Waals surface area contributed by atoms with Crippen LogP contribution in [0.15, 0.2) is 156 Å². The number of halogens is 3. The van der Waals surface area contributed by atoms with Crippen molar-refractivity contribution in [3.8, 4) is 11.5 Å². The third-order valence-corrected chi connectivity index (χ3v) is 14.3. The van der Waals surface area contributed by atoms with E-state index in [4.69, 9.17) is 14.0 Å². The first-order valence-electron chi connectivity index (χ1n) is 24.2. The minimum absolute atomic E-state index is 0.225. The largest absolute Gasteiger partial charge is 0.508 e. The van der Waals surface area contributed by atoms with Crippen LogP contribution in [0.25, 0.3) is 0 Å². The number of hydrogen-bond acceptors (Lipinski definition) is 9. The molecule has 5 aromatic carbocycles. The summed E-state index contributed by atoms with van der Waals surface area (Å²) in [5.74, 6) is 3.00. The maximum absolute atomic E-state index is 12.0. The summed E-state index contributed by atoms with van der Waals surface area (Å²) in [7, 11) is -3.61. The number of alkyl halides is 1. The predicted octanol–water partition coefficient (Wildman–Crippen LogP) is 19.5. The van der Waals surface area contributed by atoms with Crippen LogP contribution < -0.4 is 4.74 Å². The first kappa shape index (κ1) is 60.4. The van der Waals surface area contributed by atoms with E-state index in [0.717, 1.165) is 75.5 Å². The van der Waals surface area contributed by atoms with Crippen LogP contribution in [-0.2, 0) is 14.3 Å². The molecule has 0 spiro atoms. The van der Waals surface area contributed by atoms with Crippen LogP contribution in [0.3, 0.4) is 0 Å². The molecule has 9 nitrogen and oxygen atoms in total. The number of unbranched alkanes of at least 4 members (excludes halogenated alkanes) is 3. The average molecular weight is 1140 g/mol. The number of aryl methyl sites for hydroxylation is 1. The van der Waals surface area contributed by atoms with Crippen molar-refractivity contribution < 1.29 is 22.4 Å². The van der Waals surface area contributed by atoms with Crippen molar-refractivity contribution in [1.29, 1.82) is 0 Å². The molecule has 0 bridgehead atoms. The lowest BCUT2D eigenvalue weighted by atomic mass is 10.0. The van der Waals surface area contributed by atoms with Crippen LogP contribution in [0.4, 0.5) is 22.7 Å². The minimum Gasteiger partial charge on any atom is -0.508 e. The van der Waals surface area contributed by atoms with Gasteiger partial charge in [-0.15, -0.1) is 0 Å². The fourth-order valence-electron chi connectivity index (χ4n) is 6.23. The number of benzene rings is 5. The summed E-state index contributed by atoms with van der Waals surface area (Å²) >= 11 is 10.3. The molecular formula is C55H75Br3N4O5S. The molecule has 0 saturated carbocycles. The van der Waals surface area contributed by atoms with Crippen LogP contribution in [-0.4, -0.2) is 32.1 Å². The highest BCUT2D eigenvalue weighted by molar-refractivity contribution is 9.10. The zero-order chi connectivity index (χ0) is 50.0. The summed E-state index contributed by atoms with van der Waals surface area (Å²) in [6.07, 6.45) is 14.6. The fourth-order valence-corrected chi connectivity index (χ4v) is 8.51. The molecule has 0 heterocycles. The molecule has 0 fully saturated rings. The minimum atomic E-state index is -3.61. The van der Waals surface area contributed by atoms with Crippen molar-refractivity contribution in [3.05, 3.63) is 136 Å². The molecule has 0 saturated heterocycles. The number of ether oxygens (including phenoxy) is 1. The highest BCUT2D eigenvalue weighted by Gasteiger charge is 2.17. The average Bonchev–Trinajstić information content (AvgIpc) is 3.35. The van der Waals surface area contributed by atoms with Gasteiger partial charge in [-0.2, -0.15) is 28.9 Å². The van der Waals surface area contributed by atoms with Crippen molar-refractivity contribution in [1.82, 2.24) is 0 Å². The number of azo groups is 2. The van der Waals surface area contributed by atoms with E-state index in [-0.39, 0.29) is 17.3 Å². The molecule has 3 atom stereocenters. The Hall–Kier alpha value is -3.75. The van der Waals surface area contributed by atoms with Gasteiger partial charge in [0, 0.05) is 14.3 Å². The van der Waals surface area contributed by atoms with E-state index in [1.165, 1.54) is 56.7 Å². The number of nitrogens with zero attached hydrogens (tertiary/aromatic N) is 4. The summed E-state index contributed by atoms with van der Waals surface area (Å²) in [5.41, 5.74) is 4.19. The van der Waals surface area contributed by atoms with Gasteiger partial charge in [-0.25, -0.2) is 0 Å². The lowest BCUT2D eigenvalue weighted by molar-refractivity contribution is 0.233. The van der Waals surface area contributed by atoms with Gasteiger partial charge >= 0.3 is 0 Å². The summed E-state index contributed by atoms with van der Waals surface area (Å²) in [6, 6.07) is 36.4. The Kier molecular flexibility index (Phi) is 32.2. The summed E-state index contributed by atoms with van der Waals surface area (Å²) in [5, 5.41) is 26.9.